The average molecular weight is 260 g/mol. The molecular formula is C10H20N4O2S. The summed E-state index contributed by atoms with van der Waals surface area (Å²) in [5, 5.41) is 4.13. The van der Waals surface area contributed by atoms with Gasteiger partial charge in [0, 0.05) is 20.6 Å². The molecule has 0 aliphatic carbocycles. The first-order valence-corrected chi connectivity index (χ1v) is 6.93. The molecule has 2 N–H and O–H groups in total. The van der Waals surface area contributed by atoms with E-state index >= 15 is 0 Å². The minimum atomic E-state index is -3.46. The number of nitrogens with zero attached hydrogens (tertiary/aromatic N) is 3. The Labute approximate surface area is 102 Å². The highest BCUT2D eigenvalue weighted by molar-refractivity contribution is 7.89. The fourth-order valence-corrected chi connectivity index (χ4v) is 3.32. The predicted octanol–water partition coefficient (Wildman–Crippen LogP) is 0.00624. The molecule has 0 aromatic carbocycles. The summed E-state index contributed by atoms with van der Waals surface area (Å²) in [4.78, 5) is 0.305. The maximum absolute atomic E-state index is 12.3. The van der Waals surface area contributed by atoms with E-state index in [1.165, 1.54) is 4.31 Å². The van der Waals surface area contributed by atoms with Crippen LogP contribution < -0.4 is 5.73 Å². The molecule has 1 heterocycles. The normalized spacial score (nSPS) is 12.4. The smallest absolute Gasteiger partial charge is 0.246 e. The molecule has 1 aromatic rings. The lowest BCUT2D eigenvalue weighted by Crippen LogP contribution is -2.29. The van der Waals surface area contributed by atoms with E-state index in [9.17, 15) is 8.42 Å². The molecule has 0 saturated carbocycles. The van der Waals surface area contributed by atoms with Crippen LogP contribution in [0.5, 0.6) is 0 Å². The second-order valence-electron chi connectivity index (χ2n) is 4.09. The quantitative estimate of drug-likeness (QED) is 0.808. The summed E-state index contributed by atoms with van der Waals surface area (Å²) in [5.74, 6) is 0. The van der Waals surface area contributed by atoms with Gasteiger partial charge in [0.2, 0.25) is 10.0 Å². The van der Waals surface area contributed by atoms with Crippen LogP contribution >= 0.6 is 0 Å². The van der Waals surface area contributed by atoms with Crippen molar-refractivity contribution in [1.29, 1.82) is 0 Å². The van der Waals surface area contributed by atoms with E-state index in [1.54, 1.807) is 32.6 Å². The van der Waals surface area contributed by atoms with Crippen LogP contribution in [0.25, 0.3) is 0 Å². The van der Waals surface area contributed by atoms with Crippen molar-refractivity contribution in [2.24, 2.45) is 12.8 Å². The van der Waals surface area contributed by atoms with Gasteiger partial charge in [-0.3, -0.25) is 4.68 Å². The molecule has 0 unspecified atom stereocenters. The zero-order valence-corrected chi connectivity index (χ0v) is 11.6. The monoisotopic (exact) mass is 260 g/mol. The third kappa shape index (κ3) is 2.67. The van der Waals surface area contributed by atoms with Crippen LogP contribution in [-0.4, -0.2) is 42.6 Å². The number of hydrogen-bond donors (Lipinski definition) is 1. The van der Waals surface area contributed by atoms with E-state index in [4.69, 9.17) is 5.73 Å². The molecule has 0 saturated heterocycles. The highest BCUT2D eigenvalue weighted by Gasteiger charge is 2.27. The van der Waals surface area contributed by atoms with Crippen LogP contribution in [0.3, 0.4) is 0 Å². The largest absolute Gasteiger partial charge is 0.330 e. The van der Waals surface area contributed by atoms with Crippen LogP contribution in [0.15, 0.2) is 4.90 Å². The summed E-state index contributed by atoms with van der Waals surface area (Å²) in [6.07, 6.45) is 0.647. The van der Waals surface area contributed by atoms with E-state index in [2.05, 4.69) is 5.10 Å². The van der Waals surface area contributed by atoms with E-state index < -0.39 is 10.0 Å². The van der Waals surface area contributed by atoms with Crippen molar-refractivity contribution in [3.8, 4) is 0 Å². The SMILES string of the molecule is Cc1nn(C)c(C)c1S(=O)(=O)N(C)CCCN. The van der Waals surface area contributed by atoms with Gasteiger partial charge in [0.1, 0.15) is 4.90 Å². The molecule has 0 amide bonds. The molecule has 1 rings (SSSR count). The first-order chi connectivity index (χ1) is 7.82. The summed E-state index contributed by atoms with van der Waals surface area (Å²) in [5.41, 5.74) is 6.57. The third-order valence-electron chi connectivity index (χ3n) is 2.79. The molecular weight excluding hydrogens is 240 g/mol. The van der Waals surface area contributed by atoms with Gasteiger partial charge in [-0.05, 0) is 26.8 Å². The minimum Gasteiger partial charge on any atom is -0.330 e. The fourth-order valence-electron chi connectivity index (χ4n) is 1.72. The van der Waals surface area contributed by atoms with Gasteiger partial charge in [-0.25, -0.2) is 12.7 Å². The zero-order valence-electron chi connectivity index (χ0n) is 10.8. The summed E-state index contributed by atoms with van der Waals surface area (Å²) < 4.78 is 27.6. The molecule has 6 nitrogen and oxygen atoms in total. The molecule has 17 heavy (non-hydrogen) atoms. The number of aromatic nitrogens is 2. The van der Waals surface area contributed by atoms with Crippen molar-refractivity contribution in [3.05, 3.63) is 11.4 Å². The lowest BCUT2D eigenvalue weighted by molar-refractivity contribution is 0.462. The van der Waals surface area contributed by atoms with Gasteiger partial charge in [0.05, 0.1) is 11.4 Å². The molecule has 0 aliphatic rings. The zero-order chi connectivity index (χ0) is 13.2. The van der Waals surface area contributed by atoms with E-state index in [1.807, 2.05) is 0 Å². The van der Waals surface area contributed by atoms with Gasteiger partial charge >= 0.3 is 0 Å². The Kier molecular flexibility index (Phi) is 4.29. The molecule has 0 spiro atoms. The third-order valence-corrected chi connectivity index (χ3v) is 4.90. The van der Waals surface area contributed by atoms with Crippen molar-refractivity contribution in [1.82, 2.24) is 14.1 Å². The molecule has 0 atom stereocenters. The Hall–Kier alpha value is -0.920. The predicted molar refractivity (Wildman–Crippen MR) is 66.2 cm³/mol. The maximum Gasteiger partial charge on any atom is 0.246 e. The maximum atomic E-state index is 12.3. The second-order valence-corrected chi connectivity index (χ2v) is 6.07. The second kappa shape index (κ2) is 5.16. The van der Waals surface area contributed by atoms with Gasteiger partial charge in [-0.1, -0.05) is 0 Å². The van der Waals surface area contributed by atoms with Crippen LogP contribution in [0.4, 0.5) is 0 Å². The van der Waals surface area contributed by atoms with Crippen LogP contribution in [-0.2, 0) is 17.1 Å². The molecule has 0 radical (unpaired) electrons. The molecule has 0 bridgehead atoms. The van der Waals surface area contributed by atoms with Crippen molar-refractivity contribution in [3.63, 3.8) is 0 Å². The van der Waals surface area contributed by atoms with Gasteiger partial charge in [0.25, 0.3) is 0 Å². The van der Waals surface area contributed by atoms with Crippen LogP contribution in [0.1, 0.15) is 17.8 Å². The van der Waals surface area contributed by atoms with Gasteiger partial charge in [0.15, 0.2) is 0 Å². The number of hydrogen-bond acceptors (Lipinski definition) is 4. The Morgan fingerprint density at radius 1 is 1.41 bits per heavy atom. The molecule has 7 heteroatoms. The van der Waals surface area contributed by atoms with E-state index in [0.29, 0.717) is 35.8 Å². The van der Waals surface area contributed by atoms with Crippen molar-refractivity contribution in [2.45, 2.75) is 25.2 Å². The number of sulfonamides is 1. The number of nitrogens with two attached hydrogens (primary N) is 1. The minimum absolute atomic E-state index is 0.305. The van der Waals surface area contributed by atoms with Crippen molar-refractivity contribution < 1.29 is 8.42 Å². The lowest BCUT2D eigenvalue weighted by Gasteiger charge is -2.16. The molecule has 0 fully saturated rings. The van der Waals surface area contributed by atoms with E-state index in [-0.39, 0.29) is 0 Å². The number of rotatable bonds is 5. The first-order valence-electron chi connectivity index (χ1n) is 5.49. The molecule has 1 aromatic heterocycles. The Morgan fingerprint density at radius 2 is 2.00 bits per heavy atom. The van der Waals surface area contributed by atoms with Crippen LogP contribution in [0, 0.1) is 13.8 Å². The van der Waals surface area contributed by atoms with Crippen molar-refractivity contribution in [2.75, 3.05) is 20.1 Å². The molecule has 0 aliphatic heterocycles. The summed E-state index contributed by atoms with van der Waals surface area (Å²) in [7, 11) is -0.154. The standard InChI is InChI=1S/C10H20N4O2S/c1-8-10(9(2)14(4)12-8)17(15,16)13(3)7-5-6-11/h5-7,11H2,1-4H3. The fraction of sp³-hybridized carbons (Fsp3) is 0.700. The first kappa shape index (κ1) is 14.1. The number of aryl methyl sites for hydroxylation is 2. The topological polar surface area (TPSA) is 81.2 Å². The van der Waals surface area contributed by atoms with E-state index in [0.717, 1.165) is 0 Å². The summed E-state index contributed by atoms with van der Waals surface area (Å²) in [6, 6.07) is 0. The Balaban J connectivity index is 3.13. The lowest BCUT2D eigenvalue weighted by atomic mass is 10.4. The van der Waals surface area contributed by atoms with Gasteiger partial charge in [-0.2, -0.15) is 5.10 Å². The highest BCUT2D eigenvalue weighted by Crippen LogP contribution is 2.21. The van der Waals surface area contributed by atoms with Gasteiger partial charge < -0.3 is 5.73 Å². The molecule has 98 valence electrons. The highest BCUT2D eigenvalue weighted by atomic mass is 32.2. The average Bonchev–Trinajstić information content (AvgIpc) is 2.49. The Morgan fingerprint density at radius 3 is 2.41 bits per heavy atom. The van der Waals surface area contributed by atoms with Crippen LogP contribution in [0.2, 0.25) is 0 Å². The summed E-state index contributed by atoms with van der Waals surface area (Å²) >= 11 is 0. The Bertz CT molecular complexity index is 493. The summed E-state index contributed by atoms with van der Waals surface area (Å²) in [6.45, 7) is 4.36. The van der Waals surface area contributed by atoms with Gasteiger partial charge in [-0.15, -0.1) is 0 Å². The van der Waals surface area contributed by atoms with Crippen molar-refractivity contribution >= 4 is 10.0 Å².